The minimum Gasteiger partial charge on any atom is -0.493 e. The number of rotatable bonds is 9. The summed E-state index contributed by atoms with van der Waals surface area (Å²) >= 11 is 0. The average molecular weight is 419 g/mol. The van der Waals surface area contributed by atoms with Gasteiger partial charge in [0.1, 0.15) is 0 Å². The predicted molar refractivity (Wildman–Crippen MR) is 109 cm³/mol. The number of Topliss-reactive ketones (excluding diaryl/α,β-unsaturated/α-hetero) is 1. The lowest BCUT2D eigenvalue weighted by atomic mass is 10.0. The Morgan fingerprint density at radius 1 is 0.966 bits per heavy atom. The third-order valence-electron chi connectivity index (χ3n) is 4.47. The molecule has 1 atom stereocenters. The van der Waals surface area contributed by atoms with E-state index in [2.05, 4.69) is 5.32 Å². The van der Waals surface area contributed by atoms with Gasteiger partial charge in [-0.2, -0.15) is 0 Å². The molecule has 0 saturated carbocycles. The lowest BCUT2D eigenvalue weighted by Crippen LogP contribution is -2.27. The maximum Gasteiger partial charge on any atom is 0.220 e. The molecular weight excluding hydrogens is 394 g/mol. The van der Waals surface area contributed by atoms with Crippen molar-refractivity contribution in [3.8, 4) is 11.5 Å². The molecule has 2 rings (SSSR count). The molecule has 2 aromatic rings. The molecule has 8 heteroatoms. The van der Waals surface area contributed by atoms with E-state index in [0.717, 1.165) is 11.8 Å². The van der Waals surface area contributed by atoms with Crippen LogP contribution in [0.3, 0.4) is 0 Å². The third kappa shape index (κ3) is 6.05. The number of hydrogen-bond donors (Lipinski definition) is 1. The normalized spacial score (nSPS) is 12.1. The van der Waals surface area contributed by atoms with Gasteiger partial charge in [0.15, 0.2) is 27.1 Å². The van der Waals surface area contributed by atoms with E-state index >= 15 is 0 Å². The number of carbonyl (C=O) groups excluding carboxylic acids is 2. The van der Waals surface area contributed by atoms with Crippen LogP contribution in [0.2, 0.25) is 0 Å². The molecule has 1 N–H and O–H groups in total. The van der Waals surface area contributed by atoms with Crippen LogP contribution in [-0.2, 0) is 14.6 Å². The first kappa shape index (κ1) is 22.4. The number of carbonyl (C=O) groups is 2. The van der Waals surface area contributed by atoms with E-state index in [-0.39, 0.29) is 35.5 Å². The molecule has 0 spiro atoms. The monoisotopic (exact) mass is 419 g/mol. The Kier molecular flexibility index (Phi) is 7.39. The largest absolute Gasteiger partial charge is 0.493 e. The van der Waals surface area contributed by atoms with Crippen molar-refractivity contribution in [2.45, 2.75) is 30.7 Å². The fourth-order valence-electron chi connectivity index (χ4n) is 2.78. The van der Waals surface area contributed by atoms with Crippen LogP contribution in [0.15, 0.2) is 47.4 Å². The van der Waals surface area contributed by atoms with Crippen LogP contribution in [-0.4, -0.2) is 40.6 Å². The number of methoxy groups -OCH3 is 2. The highest BCUT2D eigenvalue weighted by Crippen LogP contribution is 2.28. The van der Waals surface area contributed by atoms with Gasteiger partial charge in [-0.25, -0.2) is 8.42 Å². The van der Waals surface area contributed by atoms with Gasteiger partial charge < -0.3 is 14.8 Å². The molecule has 7 nitrogen and oxygen atoms in total. The van der Waals surface area contributed by atoms with Crippen LogP contribution in [0, 0.1) is 0 Å². The molecule has 0 heterocycles. The van der Waals surface area contributed by atoms with Gasteiger partial charge >= 0.3 is 0 Å². The van der Waals surface area contributed by atoms with Gasteiger partial charge in [0.2, 0.25) is 5.91 Å². The van der Waals surface area contributed by atoms with Gasteiger partial charge in [-0.15, -0.1) is 0 Å². The molecule has 0 aliphatic heterocycles. The van der Waals surface area contributed by atoms with Crippen molar-refractivity contribution in [1.29, 1.82) is 0 Å². The molecule has 0 bridgehead atoms. The summed E-state index contributed by atoms with van der Waals surface area (Å²) in [6.45, 7) is 1.80. The smallest absolute Gasteiger partial charge is 0.220 e. The third-order valence-corrected chi connectivity index (χ3v) is 5.60. The first-order valence-electron chi connectivity index (χ1n) is 9.00. The summed E-state index contributed by atoms with van der Waals surface area (Å²) in [5, 5.41) is 2.82. The molecule has 0 unspecified atom stereocenters. The van der Waals surface area contributed by atoms with Gasteiger partial charge in [-0.3, -0.25) is 9.59 Å². The number of sulfone groups is 1. The van der Waals surface area contributed by atoms with Crippen molar-refractivity contribution in [1.82, 2.24) is 5.32 Å². The molecule has 1 amide bonds. The van der Waals surface area contributed by atoms with Gasteiger partial charge in [-0.05, 0) is 42.8 Å². The lowest BCUT2D eigenvalue weighted by Gasteiger charge is -2.15. The second-order valence-electron chi connectivity index (χ2n) is 6.62. The first-order chi connectivity index (χ1) is 13.7. The number of benzene rings is 2. The van der Waals surface area contributed by atoms with E-state index in [0.29, 0.717) is 17.1 Å². The SMILES string of the molecule is COc1ccc(C(=O)CCC(=O)N[C@H](C)c2ccc(S(C)(=O)=O)cc2)cc1OC. The molecule has 156 valence electrons. The molecule has 0 aliphatic rings. The zero-order valence-corrected chi connectivity index (χ0v) is 17.7. The molecule has 0 aliphatic carbocycles. The Bertz CT molecular complexity index is 983. The first-order valence-corrected chi connectivity index (χ1v) is 10.9. The quantitative estimate of drug-likeness (QED) is 0.628. The number of ether oxygens (including phenoxy) is 2. The second-order valence-corrected chi connectivity index (χ2v) is 8.64. The van der Waals surface area contributed by atoms with E-state index in [1.54, 1.807) is 37.3 Å². The number of hydrogen-bond acceptors (Lipinski definition) is 6. The summed E-state index contributed by atoms with van der Waals surface area (Å²) in [5.41, 5.74) is 1.22. The van der Waals surface area contributed by atoms with Gasteiger partial charge in [-0.1, -0.05) is 12.1 Å². The van der Waals surface area contributed by atoms with Crippen LogP contribution in [0.4, 0.5) is 0 Å². The van der Waals surface area contributed by atoms with E-state index < -0.39 is 9.84 Å². The highest BCUT2D eigenvalue weighted by molar-refractivity contribution is 7.90. The highest BCUT2D eigenvalue weighted by atomic mass is 32.2. The van der Waals surface area contributed by atoms with Gasteiger partial charge in [0.25, 0.3) is 0 Å². The fourth-order valence-corrected chi connectivity index (χ4v) is 3.41. The number of ketones is 1. The van der Waals surface area contributed by atoms with Crippen LogP contribution >= 0.6 is 0 Å². The Morgan fingerprint density at radius 3 is 2.14 bits per heavy atom. The summed E-state index contributed by atoms with van der Waals surface area (Å²) in [6.07, 6.45) is 1.24. The molecule has 2 aromatic carbocycles. The van der Waals surface area contributed by atoms with E-state index in [1.165, 1.54) is 26.4 Å². The van der Waals surface area contributed by atoms with E-state index in [9.17, 15) is 18.0 Å². The Morgan fingerprint density at radius 2 is 1.59 bits per heavy atom. The zero-order valence-electron chi connectivity index (χ0n) is 16.9. The maximum atomic E-state index is 12.4. The minimum atomic E-state index is -3.26. The van der Waals surface area contributed by atoms with Crippen molar-refractivity contribution in [3.05, 3.63) is 53.6 Å². The summed E-state index contributed by atoms with van der Waals surface area (Å²) in [5.74, 6) is 0.538. The van der Waals surface area contributed by atoms with Gasteiger partial charge in [0, 0.05) is 24.7 Å². The molecule has 0 fully saturated rings. The summed E-state index contributed by atoms with van der Waals surface area (Å²) in [6, 6.07) is 10.9. The highest BCUT2D eigenvalue weighted by Gasteiger charge is 2.15. The summed E-state index contributed by atoms with van der Waals surface area (Å²) in [4.78, 5) is 24.8. The van der Waals surface area contributed by atoms with Gasteiger partial charge in [0.05, 0.1) is 25.2 Å². The zero-order chi connectivity index (χ0) is 21.6. The van der Waals surface area contributed by atoms with Crippen molar-refractivity contribution in [2.75, 3.05) is 20.5 Å². The summed E-state index contributed by atoms with van der Waals surface area (Å²) in [7, 11) is -0.261. The standard InChI is InChI=1S/C21H25NO6S/c1-14(15-5-8-17(9-6-15)29(4,25)26)22-21(24)12-10-18(23)16-7-11-19(27-2)20(13-16)28-3/h5-9,11,13-14H,10,12H2,1-4H3,(H,22,24)/t14-/m1/s1. The van der Waals surface area contributed by atoms with Crippen molar-refractivity contribution in [3.63, 3.8) is 0 Å². The maximum absolute atomic E-state index is 12.4. The molecule has 0 radical (unpaired) electrons. The lowest BCUT2D eigenvalue weighted by molar-refractivity contribution is -0.121. The minimum absolute atomic E-state index is 0.0406. The van der Waals surface area contributed by atoms with Crippen LogP contribution in [0.1, 0.15) is 41.7 Å². The number of nitrogens with one attached hydrogen (secondary N) is 1. The second kappa shape index (κ2) is 9.56. The molecule has 29 heavy (non-hydrogen) atoms. The number of amides is 1. The Hall–Kier alpha value is -2.87. The predicted octanol–water partition coefficient (Wildman–Crippen LogP) is 2.95. The Balaban J connectivity index is 1.93. The van der Waals surface area contributed by atoms with Crippen LogP contribution in [0.25, 0.3) is 0 Å². The van der Waals surface area contributed by atoms with E-state index in [1.807, 2.05) is 0 Å². The fraction of sp³-hybridized carbons (Fsp3) is 0.333. The van der Waals surface area contributed by atoms with Crippen LogP contribution < -0.4 is 14.8 Å². The average Bonchev–Trinajstić information content (AvgIpc) is 2.70. The molecule has 0 saturated heterocycles. The molecule has 0 aromatic heterocycles. The van der Waals surface area contributed by atoms with E-state index in [4.69, 9.17) is 9.47 Å². The van der Waals surface area contributed by atoms with Crippen molar-refractivity contribution in [2.24, 2.45) is 0 Å². The molecular formula is C21H25NO6S. The Labute approximate surface area is 170 Å². The van der Waals surface area contributed by atoms with Crippen LogP contribution in [0.5, 0.6) is 11.5 Å². The van der Waals surface area contributed by atoms with Crippen molar-refractivity contribution >= 4 is 21.5 Å². The van der Waals surface area contributed by atoms with Crippen molar-refractivity contribution < 1.29 is 27.5 Å². The topological polar surface area (TPSA) is 98.8 Å². The summed E-state index contributed by atoms with van der Waals surface area (Å²) < 4.78 is 33.4.